The molecule has 0 spiro atoms. The molecule has 0 atom stereocenters. The van der Waals surface area contributed by atoms with Gasteiger partial charge in [0.1, 0.15) is 0 Å². The molecule has 0 radical (unpaired) electrons. The van der Waals surface area contributed by atoms with E-state index < -0.39 is 15.4 Å². The lowest BCUT2D eigenvalue weighted by molar-refractivity contribution is 0.240. The molecule has 1 aromatic heterocycles. The van der Waals surface area contributed by atoms with E-state index in [1.54, 1.807) is 7.11 Å². The van der Waals surface area contributed by atoms with Crippen molar-refractivity contribution in [3.63, 3.8) is 0 Å². The summed E-state index contributed by atoms with van der Waals surface area (Å²) in [4.78, 5) is 21.0. The predicted molar refractivity (Wildman–Crippen MR) is 99.9 cm³/mol. The molecule has 0 fully saturated rings. The van der Waals surface area contributed by atoms with Crippen molar-refractivity contribution in [3.8, 4) is 11.5 Å². The maximum absolute atomic E-state index is 12.3. The van der Waals surface area contributed by atoms with Crippen molar-refractivity contribution in [1.29, 1.82) is 0 Å². The van der Waals surface area contributed by atoms with Gasteiger partial charge in [0.25, 0.3) is 5.56 Å². The van der Waals surface area contributed by atoms with Gasteiger partial charge in [0.15, 0.2) is 11.5 Å². The Labute approximate surface area is 158 Å². The van der Waals surface area contributed by atoms with Crippen LogP contribution in [0.1, 0.15) is 23.7 Å². The summed E-state index contributed by atoms with van der Waals surface area (Å²) in [6.07, 6.45) is 1.56. The van der Waals surface area contributed by atoms with Crippen LogP contribution in [-0.2, 0) is 29.3 Å². The maximum Gasteiger partial charge on any atom is 0.256 e. The summed E-state index contributed by atoms with van der Waals surface area (Å²) in [5.41, 5.74) is 1.72. The number of nitrogens with zero attached hydrogens (tertiary/aromatic N) is 2. The van der Waals surface area contributed by atoms with E-state index >= 15 is 0 Å². The van der Waals surface area contributed by atoms with Crippen LogP contribution in [0, 0.1) is 0 Å². The molecule has 2 aromatic rings. The average Bonchev–Trinajstić information content (AvgIpc) is 2.62. The first kappa shape index (κ1) is 19.4. The summed E-state index contributed by atoms with van der Waals surface area (Å²) in [6, 6.07) is 5.77. The summed E-state index contributed by atoms with van der Waals surface area (Å²) in [5, 5.41) is -0.268. The molecule has 0 unspecified atom stereocenters. The van der Waals surface area contributed by atoms with Crippen molar-refractivity contribution in [2.24, 2.45) is 0 Å². The van der Waals surface area contributed by atoms with Crippen molar-refractivity contribution >= 4 is 9.84 Å². The van der Waals surface area contributed by atoms with Crippen LogP contribution in [-0.4, -0.2) is 49.8 Å². The van der Waals surface area contributed by atoms with Gasteiger partial charge in [0, 0.05) is 32.3 Å². The van der Waals surface area contributed by atoms with Crippen molar-refractivity contribution < 1.29 is 17.9 Å². The molecule has 3 rings (SSSR count). The minimum atomic E-state index is -3.54. The number of sulfone groups is 1. The molecule has 0 amide bonds. The minimum Gasteiger partial charge on any atom is -0.493 e. The molecule has 9 heteroatoms. The minimum absolute atomic E-state index is 0.268. The molecule has 146 valence electrons. The normalized spacial score (nSPS) is 14.6. The molecule has 0 saturated heterocycles. The summed E-state index contributed by atoms with van der Waals surface area (Å²) in [5.74, 6) is 1.37. The second-order valence-electron chi connectivity index (χ2n) is 6.45. The van der Waals surface area contributed by atoms with Crippen molar-refractivity contribution in [2.45, 2.75) is 31.6 Å². The van der Waals surface area contributed by atoms with E-state index in [-0.39, 0.29) is 5.16 Å². The van der Waals surface area contributed by atoms with Gasteiger partial charge in [-0.3, -0.25) is 14.7 Å². The van der Waals surface area contributed by atoms with Gasteiger partial charge in [-0.15, -0.1) is 0 Å². The third-order valence-corrected chi connectivity index (χ3v) is 5.31. The van der Waals surface area contributed by atoms with Crippen LogP contribution in [0.5, 0.6) is 11.5 Å². The number of aromatic amines is 1. The first-order valence-corrected chi connectivity index (χ1v) is 10.5. The fourth-order valence-electron chi connectivity index (χ4n) is 3.11. The lowest BCUT2D eigenvalue weighted by Gasteiger charge is -2.27. The zero-order valence-electron chi connectivity index (χ0n) is 15.6. The fourth-order valence-corrected chi connectivity index (χ4v) is 3.67. The second-order valence-corrected chi connectivity index (χ2v) is 8.38. The van der Waals surface area contributed by atoms with Crippen LogP contribution >= 0.6 is 0 Å². The number of aromatic nitrogens is 2. The van der Waals surface area contributed by atoms with Crippen LogP contribution in [0.25, 0.3) is 0 Å². The van der Waals surface area contributed by atoms with Crippen molar-refractivity contribution in [2.75, 3.05) is 26.5 Å². The molecule has 2 heterocycles. The highest BCUT2D eigenvalue weighted by Crippen LogP contribution is 2.29. The number of fused-ring (bicyclic) bond motifs is 1. The Hall–Kier alpha value is -2.39. The number of methoxy groups -OCH3 is 1. The van der Waals surface area contributed by atoms with E-state index in [4.69, 9.17) is 9.47 Å². The fraction of sp³-hybridized carbons (Fsp3) is 0.444. The first-order valence-electron chi connectivity index (χ1n) is 8.66. The third kappa shape index (κ3) is 4.30. The maximum atomic E-state index is 12.3. The molecule has 1 N–H and O–H groups in total. The molecule has 0 saturated carbocycles. The van der Waals surface area contributed by atoms with Gasteiger partial charge >= 0.3 is 0 Å². The topological polar surface area (TPSA) is 102 Å². The molecule has 1 aliphatic rings. The molecular formula is C18H23N3O5S. The lowest BCUT2D eigenvalue weighted by atomic mass is 10.1. The molecule has 27 heavy (non-hydrogen) atoms. The van der Waals surface area contributed by atoms with Gasteiger partial charge in [-0.1, -0.05) is 6.07 Å². The third-order valence-electron chi connectivity index (χ3n) is 4.41. The van der Waals surface area contributed by atoms with Gasteiger partial charge in [0.05, 0.1) is 25.0 Å². The summed E-state index contributed by atoms with van der Waals surface area (Å²) < 4.78 is 34.2. The largest absolute Gasteiger partial charge is 0.493 e. The van der Waals surface area contributed by atoms with Gasteiger partial charge < -0.3 is 9.47 Å². The first-order chi connectivity index (χ1) is 12.8. The summed E-state index contributed by atoms with van der Waals surface area (Å²) in [6.45, 7) is 4.21. The molecule has 0 bridgehead atoms. The van der Waals surface area contributed by atoms with Gasteiger partial charge in [-0.25, -0.2) is 13.4 Å². The lowest BCUT2D eigenvalue weighted by Crippen LogP contribution is -2.36. The number of benzene rings is 1. The Morgan fingerprint density at radius 3 is 2.74 bits per heavy atom. The number of ether oxygens (including phenoxy) is 2. The van der Waals surface area contributed by atoms with Crippen LogP contribution in [0.4, 0.5) is 0 Å². The molecule has 1 aromatic carbocycles. The molecular weight excluding hydrogens is 370 g/mol. The van der Waals surface area contributed by atoms with E-state index in [1.165, 1.54) is 0 Å². The average molecular weight is 393 g/mol. The van der Waals surface area contributed by atoms with E-state index in [0.29, 0.717) is 55.4 Å². The monoisotopic (exact) mass is 393 g/mol. The van der Waals surface area contributed by atoms with Crippen LogP contribution < -0.4 is 15.0 Å². The molecule has 0 aliphatic carbocycles. The number of rotatable bonds is 6. The Morgan fingerprint density at radius 2 is 2.07 bits per heavy atom. The van der Waals surface area contributed by atoms with Crippen LogP contribution in [0.15, 0.2) is 28.2 Å². The van der Waals surface area contributed by atoms with E-state index in [1.807, 2.05) is 25.1 Å². The number of hydrogen-bond acceptors (Lipinski definition) is 7. The summed E-state index contributed by atoms with van der Waals surface area (Å²) >= 11 is 0. The number of hydrogen-bond donors (Lipinski definition) is 1. The highest BCUT2D eigenvalue weighted by molar-refractivity contribution is 7.90. The van der Waals surface area contributed by atoms with E-state index in [0.717, 1.165) is 11.8 Å². The van der Waals surface area contributed by atoms with E-state index in [2.05, 4.69) is 14.9 Å². The number of nitrogens with one attached hydrogen (secondary N) is 1. The van der Waals surface area contributed by atoms with Gasteiger partial charge in [0.2, 0.25) is 15.0 Å². The predicted octanol–water partition coefficient (Wildman–Crippen LogP) is 1.14. The Morgan fingerprint density at radius 1 is 1.30 bits per heavy atom. The molecule has 1 aliphatic heterocycles. The van der Waals surface area contributed by atoms with Crippen molar-refractivity contribution in [1.82, 2.24) is 14.9 Å². The summed E-state index contributed by atoms with van der Waals surface area (Å²) in [7, 11) is -1.94. The Bertz CT molecular complexity index is 1000. The Balaban J connectivity index is 1.80. The zero-order chi connectivity index (χ0) is 19.6. The highest BCUT2D eigenvalue weighted by Gasteiger charge is 2.23. The zero-order valence-corrected chi connectivity index (χ0v) is 16.4. The van der Waals surface area contributed by atoms with Crippen LogP contribution in [0.2, 0.25) is 0 Å². The highest BCUT2D eigenvalue weighted by atomic mass is 32.2. The SMILES string of the molecule is CCOc1ccc(CN2CCc3nc(S(C)(=O)=O)[nH]c(=O)c3C2)cc1OC. The molecule has 8 nitrogen and oxygen atoms in total. The Kier molecular flexibility index (Phi) is 5.52. The smallest absolute Gasteiger partial charge is 0.256 e. The second kappa shape index (κ2) is 7.69. The van der Waals surface area contributed by atoms with Gasteiger partial charge in [-0.2, -0.15) is 0 Å². The standard InChI is InChI=1S/C18H23N3O5S/c1-4-26-15-6-5-12(9-16(15)25-2)10-21-8-7-14-13(11-21)17(22)20-18(19-14)27(3,23)24/h5-6,9H,4,7-8,10-11H2,1-3H3,(H,19,20,22). The number of H-pyrrole nitrogens is 1. The van der Waals surface area contributed by atoms with Crippen molar-refractivity contribution in [3.05, 3.63) is 45.4 Å². The van der Waals surface area contributed by atoms with Crippen LogP contribution in [0.3, 0.4) is 0 Å². The van der Waals surface area contributed by atoms with Gasteiger partial charge in [-0.05, 0) is 24.6 Å². The van der Waals surface area contributed by atoms with E-state index in [9.17, 15) is 13.2 Å². The quantitative estimate of drug-likeness (QED) is 0.734.